The largest absolute Gasteiger partial charge is 0.449 e. The number of aromatic nitrogens is 1. The SMILES string of the molecule is CC(C)COC(=O)N1CCN(c2cccc3cc(I)cnc23)CC1. The molecule has 0 bridgehead atoms. The summed E-state index contributed by atoms with van der Waals surface area (Å²) in [5, 5.41) is 1.15. The number of amides is 1. The molecule has 1 aromatic heterocycles. The van der Waals surface area contributed by atoms with E-state index in [1.807, 2.05) is 20.0 Å². The molecular weight excluding hydrogens is 417 g/mol. The van der Waals surface area contributed by atoms with Crippen LogP contribution in [0, 0.1) is 9.49 Å². The van der Waals surface area contributed by atoms with Crippen LogP contribution in [0.2, 0.25) is 0 Å². The molecule has 3 rings (SSSR count). The van der Waals surface area contributed by atoms with Gasteiger partial charge in [0.05, 0.1) is 17.8 Å². The molecule has 24 heavy (non-hydrogen) atoms. The van der Waals surface area contributed by atoms with Gasteiger partial charge in [-0.05, 0) is 40.6 Å². The molecule has 0 unspecified atom stereocenters. The number of piperazine rings is 1. The Bertz CT molecular complexity index is 727. The topological polar surface area (TPSA) is 45.7 Å². The van der Waals surface area contributed by atoms with Crippen molar-refractivity contribution in [2.45, 2.75) is 13.8 Å². The van der Waals surface area contributed by atoms with Gasteiger partial charge in [-0.2, -0.15) is 0 Å². The maximum absolute atomic E-state index is 12.1. The van der Waals surface area contributed by atoms with Crippen molar-refractivity contribution in [1.82, 2.24) is 9.88 Å². The lowest BCUT2D eigenvalue weighted by atomic mass is 10.1. The predicted octanol–water partition coefficient (Wildman–Crippen LogP) is 3.75. The molecule has 1 amide bonds. The average molecular weight is 439 g/mol. The smallest absolute Gasteiger partial charge is 0.409 e. The second-order valence-corrected chi connectivity index (χ2v) is 7.69. The number of hydrogen-bond acceptors (Lipinski definition) is 4. The molecule has 1 saturated heterocycles. The number of ether oxygens (including phenoxy) is 1. The Hall–Kier alpha value is -1.57. The number of benzene rings is 1. The van der Waals surface area contributed by atoms with Crippen LogP contribution in [-0.4, -0.2) is 48.8 Å². The molecule has 1 aliphatic rings. The number of halogens is 1. The molecule has 6 heteroatoms. The number of rotatable bonds is 3. The third-order valence-electron chi connectivity index (χ3n) is 4.08. The highest BCUT2D eigenvalue weighted by Gasteiger charge is 2.23. The number of carbonyl (C=O) groups is 1. The summed E-state index contributed by atoms with van der Waals surface area (Å²) in [7, 11) is 0. The Morgan fingerprint density at radius 3 is 2.75 bits per heavy atom. The molecule has 2 heterocycles. The standard InChI is InChI=1S/C18H22IN3O2/c1-13(2)12-24-18(23)22-8-6-21(7-9-22)16-5-3-4-14-10-15(19)11-20-17(14)16/h3-5,10-11,13H,6-9,12H2,1-2H3. The van der Waals surface area contributed by atoms with Crippen molar-refractivity contribution in [3.05, 3.63) is 34.0 Å². The van der Waals surface area contributed by atoms with E-state index >= 15 is 0 Å². The molecule has 0 aliphatic carbocycles. The zero-order valence-corrected chi connectivity index (χ0v) is 16.2. The summed E-state index contributed by atoms with van der Waals surface area (Å²) in [5.74, 6) is 0.361. The molecule has 0 N–H and O–H groups in total. The summed E-state index contributed by atoms with van der Waals surface area (Å²) >= 11 is 2.28. The first-order valence-electron chi connectivity index (χ1n) is 8.25. The number of hydrogen-bond donors (Lipinski definition) is 0. The molecule has 2 aromatic rings. The fourth-order valence-electron chi connectivity index (χ4n) is 2.83. The second kappa shape index (κ2) is 7.55. The third-order valence-corrected chi connectivity index (χ3v) is 4.66. The highest BCUT2D eigenvalue weighted by molar-refractivity contribution is 14.1. The summed E-state index contributed by atoms with van der Waals surface area (Å²) in [4.78, 5) is 20.8. The van der Waals surface area contributed by atoms with Crippen LogP contribution < -0.4 is 4.90 Å². The number of nitrogens with zero attached hydrogens (tertiary/aromatic N) is 3. The van der Waals surface area contributed by atoms with Gasteiger partial charge in [0.2, 0.25) is 0 Å². The Morgan fingerprint density at radius 1 is 1.29 bits per heavy atom. The van der Waals surface area contributed by atoms with E-state index in [-0.39, 0.29) is 6.09 Å². The van der Waals surface area contributed by atoms with E-state index in [4.69, 9.17) is 4.74 Å². The third kappa shape index (κ3) is 3.91. The molecule has 128 valence electrons. The number of para-hydroxylation sites is 1. The van der Waals surface area contributed by atoms with Crippen LogP contribution in [0.15, 0.2) is 30.5 Å². The highest BCUT2D eigenvalue weighted by Crippen LogP contribution is 2.27. The van der Waals surface area contributed by atoms with Crippen molar-refractivity contribution in [2.75, 3.05) is 37.7 Å². The number of anilines is 1. The minimum absolute atomic E-state index is 0.200. The molecular formula is C18H22IN3O2. The van der Waals surface area contributed by atoms with Gasteiger partial charge in [-0.1, -0.05) is 26.0 Å². The molecule has 1 fully saturated rings. The summed E-state index contributed by atoms with van der Waals surface area (Å²) in [6.07, 6.45) is 1.69. The highest BCUT2D eigenvalue weighted by atomic mass is 127. The van der Waals surface area contributed by atoms with Gasteiger partial charge in [0.15, 0.2) is 0 Å². The first-order chi connectivity index (χ1) is 11.5. The predicted molar refractivity (Wildman–Crippen MR) is 104 cm³/mol. The molecule has 0 atom stereocenters. The Balaban J connectivity index is 1.68. The van der Waals surface area contributed by atoms with Crippen molar-refractivity contribution in [1.29, 1.82) is 0 Å². The van der Waals surface area contributed by atoms with Gasteiger partial charge in [0.1, 0.15) is 0 Å². The molecule has 1 aromatic carbocycles. The van der Waals surface area contributed by atoms with Gasteiger partial charge in [0, 0.05) is 41.3 Å². The first kappa shape index (κ1) is 17.3. The van der Waals surface area contributed by atoms with E-state index in [0.29, 0.717) is 25.6 Å². The number of carbonyl (C=O) groups excluding carboxylic acids is 1. The van der Waals surface area contributed by atoms with E-state index in [9.17, 15) is 4.79 Å². The van der Waals surface area contributed by atoms with E-state index in [0.717, 1.165) is 33.3 Å². The lowest BCUT2D eigenvalue weighted by molar-refractivity contribution is 0.0902. The molecule has 0 spiro atoms. The normalized spacial score (nSPS) is 15.2. The minimum atomic E-state index is -0.200. The summed E-state index contributed by atoms with van der Waals surface area (Å²) in [5.41, 5.74) is 2.16. The fourth-order valence-corrected chi connectivity index (χ4v) is 3.31. The van der Waals surface area contributed by atoms with Crippen molar-refractivity contribution in [2.24, 2.45) is 5.92 Å². The van der Waals surface area contributed by atoms with Crippen LogP contribution in [0.1, 0.15) is 13.8 Å². The zero-order chi connectivity index (χ0) is 17.1. The summed E-state index contributed by atoms with van der Waals surface area (Å²) < 4.78 is 6.46. The van der Waals surface area contributed by atoms with E-state index < -0.39 is 0 Å². The van der Waals surface area contributed by atoms with Crippen LogP contribution >= 0.6 is 22.6 Å². The summed E-state index contributed by atoms with van der Waals surface area (Å²) in [6.45, 7) is 7.51. The minimum Gasteiger partial charge on any atom is -0.449 e. The fraction of sp³-hybridized carbons (Fsp3) is 0.444. The van der Waals surface area contributed by atoms with Crippen LogP contribution in [0.5, 0.6) is 0 Å². The van der Waals surface area contributed by atoms with Crippen LogP contribution in [-0.2, 0) is 4.74 Å². The van der Waals surface area contributed by atoms with Crippen molar-refractivity contribution >= 4 is 45.3 Å². The quantitative estimate of drug-likeness (QED) is 0.684. The van der Waals surface area contributed by atoms with Gasteiger partial charge in [-0.3, -0.25) is 4.98 Å². The zero-order valence-electron chi connectivity index (χ0n) is 14.0. The average Bonchev–Trinajstić information content (AvgIpc) is 2.59. The lowest BCUT2D eigenvalue weighted by Gasteiger charge is -2.35. The monoisotopic (exact) mass is 439 g/mol. The maximum Gasteiger partial charge on any atom is 0.409 e. The lowest BCUT2D eigenvalue weighted by Crippen LogP contribution is -2.49. The van der Waals surface area contributed by atoms with Gasteiger partial charge in [-0.25, -0.2) is 4.79 Å². The molecule has 0 radical (unpaired) electrons. The van der Waals surface area contributed by atoms with E-state index in [2.05, 4.69) is 56.7 Å². The molecule has 0 saturated carbocycles. The van der Waals surface area contributed by atoms with Crippen molar-refractivity contribution in [3.63, 3.8) is 0 Å². The van der Waals surface area contributed by atoms with Gasteiger partial charge >= 0.3 is 6.09 Å². The van der Waals surface area contributed by atoms with E-state index in [1.54, 1.807) is 4.90 Å². The number of fused-ring (bicyclic) bond motifs is 1. The second-order valence-electron chi connectivity index (χ2n) is 6.45. The molecule has 5 nitrogen and oxygen atoms in total. The van der Waals surface area contributed by atoms with Gasteiger partial charge in [-0.15, -0.1) is 0 Å². The molecule has 1 aliphatic heterocycles. The Morgan fingerprint density at radius 2 is 2.04 bits per heavy atom. The van der Waals surface area contributed by atoms with Crippen LogP contribution in [0.4, 0.5) is 10.5 Å². The Labute approximate surface area is 156 Å². The summed E-state index contributed by atoms with van der Waals surface area (Å²) in [6, 6.07) is 8.41. The van der Waals surface area contributed by atoms with Gasteiger partial charge in [0.25, 0.3) is 0 Å². The van der Waals surface area contributed by atoms with E-state index in [1.165, 1.54) is 0 Å². The number of pyridine rings is 1. The van der Waals surface area contributed by atoms with Crippen molar-refractivity contribution < 1.29 is 9.53 Å². The first-order valence-corrected chi connectivity index (χ1v) is 9.33. The van der Waals surface area contributed by atoms with Crippen LogP contribution in [0.3, 0.4) is 0 Å². The maximum atomic E-state index is 12.1. The Kier molecular flexibility index (Phi) is 5.43. The van der Waals surface area contributed by atoms with Crippen LogP contribution in [0.25, 0.3) is 10.9 Å². The van der Waals surface area contributed by atoms with Gasteiger partial charge < -0.3 is 14.5 Å². The van der Waals surface area contributed by atoms with Crippen molar-refractivity contribution in [3.8, 4) is 0 Å².